The quantitative estimate of drug-likeness (QED) is 0.336. The lowest BCUT2D eigenvalue weighted by atomic mass is 10.1. The van der Waals surface area contributed by atoms with Crippen LogP contribution in [0.4, 0.5) is 5.69 Å². The number of halogens is 2. The van der Waals surface area contributed by atoms with Crippen LogP contribution in [0.25, 0.3) is 11.1 Å². The minimum Gasteiger partial charge on any atom is -0.455 e. The Bertz CT molecular complexity index is 1280. The standard InChI is InChI=1S/C22H16Cl2N2O5/c1-25-13-18(19(24)12-22(25)28)17-11-16(26(29)30)6-8-21(17)31-20-7-5-15(23)10-14(20)4-2-3-9-27/h5-8,10-13,27H,3,9H2,1H3. The minimum atomic E-state index is -0.531. The van der Waals surface area contributed by atoms with E-state index >= 15 is 0 Å². The molecule has 7 nitrogen and oxygen atoms in total. The van der Waals surface area contributed by atoms with Gasteiger partial charge in [0.2, 0.25) is 0 Å². The van der Waals surface area contributed by atoms with Gasteiger partial charge in [-0.15, -0.1) is 0 Å². The van der Waals surface area contributed by atoms with Crippen molar-refractivity contribution in [1.29, 1.82) is 0 Å². The van der Waals surface area contributed by atoms with Crippen LogP contribution in [0.1, 0.15) is 12.0 Å². The lowest BCUT2D eigenvalue weighted by molar-refractivity contribution is -0.384. The van der Waals surface area contributed by atoms with E-state index in [1.807, 2.05) is 0 Å². The molecule has 0 aliphatic rings. The zero-order valence-electron chi connectivity index (χ0n) is 16.3. The Morgan fingerprint density at radius 3 is 2.58 bits per heavy atom. The van der Waals surface area contributed by atoms with Crippen LogP contribution in [0, 0.1) is 22.0 Å². The molecule has 0 spiro atoms. The van der Waals surface area contributed by atoms with Gasteiger partial charge in [-0.05, 0) is 24.3 Å². The van der Waals surface area contributed by atoms with Crippen molar-refractivity contribution in [1.82, 2.24) is 4.57 Å². The molecule has 0 saturated carbocycles. The van der Waals surface area contributed by atoms with Crippen molar-refractivity contribution in [3.63, 3.8) is 0 Å². The van der Waals surface area contributed by atoms with Crippen LogP contribution in [-0.2, 0) is 7.05 Å². The molecule has 1 aromatic heterocycles. The molecule has 0 aliphatic heterocycles. The zero-order chi connectivity index (χ0) is 22.5. The Morgan fingerprint density at radius 2 is 1.87 bits per heavy atom. The lowest BCUT2D eigenvalue weighted by Gasteiger charge is -2.14. The molecule has 0 atom stereocenters. The Hall–Kier alpha value is -3.31. The largest absolute Gasteiger partial charge is 0.455 e. The number of aromatic nitrogens is 1. The molecule has 3 aromatic rings. The Labute approximate surface area is 187 Å². The average Bonchev–Trinajstić information content (AvgIpc) is 2.73. The van der Waals surface area contributed by atoms with Gasteiger partial charge in [0.15, 0.2) is 0 Å². The van der Waals surface area contributed by atoms with Gasteiger partial charge in [0.25, 0.3) is 11.2 Å². The molecule has 0 bridgehead atoms. The fraction of sp³-hybridized carbons (Fsp3) is 0.136. The van der Waals surface area contributed by atoms with Gasteiger partial charge in [-0.3, -0.25) is 14.9 Å². The van der Waals surface area contributed by atoms with E-state index in [1.54, 1.807) is 25.2 Å². The predicted octanol–water partition coefficient (Wildman–Crippen LogP) is 4.79. The highest BCUT2D eigenvalue weighted by molar-refractivity contribution is 6.33. The van der Waals surface area contributed by atoms with Gasteiger partial charge >= 0.3 is 0 Å². The summed E-state index contributed by atoms with van der Waals surface area (Å²) in [6, 6.07) is 10.2. The van der Waals surface area contributed by atoms with Crippen LogP contribution >= 0.6 is 23.2 Å². The molecule has 2 aromatic carbocycles. The van der Waals surface area contributed by atoms with E-state index in [0.29, 0.717) is 27.5 Å². The van der Waals surface area contributed by atoms with Crippen molar-refractivity contribution >= 4 is 28.9 Å². The molecule has 158 valence electrons. The molecule has 1 N–H and O–H groups in total. The van der Waals surface area contributed by atoms with Crippen LogP contribution < -0.4 is 10.3 Å². The third kappa shape index (κ3) is 5.25. The molecule has 31 heavy (non-hydrogen) atoms. The summed E-state index contributed by atoms with van der Waals surface area (Å²) >= 11 is 12.3. The van der Waals surface area contributed by atoms with Crippen LogP contribution in [0.15, 0.2) is 53.5 Å². The summed E-state index contributed by atoms with van der Waals surface area (Å²) in [5.74, 6) is 6.35. The van der Waals surface area contributed by atoms with E-state index in [0.717, 1.165) is 0 Å². The van der Waals surface area contributed by atoms with E-state index in [4.69, 9.17) is 33.0 Å². The van der Waals surface area contributed by atoms with Crippen LogP contribution in [0.5, 0.6) is 11.5 Å². The number of rotatable bonds is 5. The Balaban J connectivity index is 2.16. The molecular weight excluding hydrogens is 443 g/mol. The van der Waals surface area contributed by atoms with Gasteiger partial charge in [0.1, 0.15) is 11.5 Å². The number of benzene rings is 2. The number of pyridine rings is 1. The summed E-state index contributed by atoms with van der Waals surface area (Å²) in [7, 11) is 1.55. The van der Waals surface area contributed by atoms with Crippen LogP contribution in [0.3, 0.4) is 0 Å². The third-order valence-corrected chi connectivity index (χ3v) is 4.81. The SMILES string of the molecule is Cn1cc(-c2cc([N+](=O)[O-])ccc2Oc2ccc(Cl)cc2C#CCCO)c(Cl)cc1=O. The summed E-state index contributed by atoms with van der Waals surface area (Å²) in [5.41, 5.74) is 0.729. The summed E-state index contributed by atoms with van der Waals surface area (Å²) in [6.45, 7) is -0.0819. The average molecular weight is 459 g/mol. The first-order valence-electron chi connectivity index (χ1n) is 9.02. The number of non-ortho nitro benzene ring substituents is 1. The van der Waals surface area contributed by atoms with E-state index in [1.165, 1.54) is 35.0 Å². The lowest BCUT2D eigenvalue weighted by Crippen LogP contribution is -2.14. The predicted molar refractivity (Wildman–Crippen MR) is 119 cm³/mol. The van der Waals surface area contributed by atoms with Crippen molar-refractivity contribution in [3.8, 4) is 34.5 Å². The van der Waals surface area contributed by atoms with E-state index in [-0.39, 0.29) is 35.0 Å². The minimum absolute atomic E-state index is 0.0819. The van der Waals surface area contributed by atoms with Crippen molar-refractivity contribution < 1.29 is 14.8 Å². The van der Waals surface area contributed by atoms with Gasteiger partial charge in [-0.2, -0.15) is 0 Å². The van der Waals surface area contributed by atoms with Crippen molar-refractivity contribution in [2.45, 2.75) is 6.42 Å². The number of aliphatic hydroxyl groups is 1. The summed E-state index contributed by atoms with van der Waals surface area (Å²) in [6.07, 6.45) is 1.77. The molecular formula is C22H16Cl2N2O5. The fourth-order valence-electron chi connectivity index (χ4n) is 2.76. The molecule has 3 rings (SSSR count). The van der Waals surface area contributed by atoms with Crippen molar-refractivity contribution in [2.75, 3.05) is 6.61 Å². The summed E-state index contributed by atoms with van der Waals surface area (Å²) in [5, 5.41) is 20.9. The number of hydrogen-bond acceptors (Lipinski definition) is 5. The number of aliphatic hydroxyl groups excluding tert-OH is 1. The second-order valence-corrected chi connectivity index (χ2v) is 7.28. The maximum Gasteiger partial charge on any atom is 0.270 e. The first-order valence-corrected chi connectivity index (χ1v) is 9.78. The zero-order valence-corrected chi connectivity index (χ0v) is 17.8. The molecule has 1 heterocycles. The van der Waals surface area contributed by atoms with Crippen LogP contribution in [-0.4, -0.2) is 21.2 Å². The van der Waals surface area contributed by atoms with Gasteiger partial charge in [-0.1, -0.05) is 35.0 Å². The maximum absolute atomic E-state index is 11.9. The highest BCUT2D eigenvalue weighted by Gasteiger charge is 2.18. The number of nitro benzene ring substituents is 1. The maximum atomic E-state index is 11.9. The van der Waals surface area contributed by atoms with E-state index in [9.17, 15) is 14.9 Å². The van der Waals surface area contributed by atoms with Gasteiger partial charge in [0, 0.05) is 54.0 Å². The van der Waals surface area contributed by atoms with Crippen molar-refractivity contribution in [2.24, 2.45) is 7.05 Å². The van der Waals surface area contributed by atoms with Gasteiger partial charge in [0.05, 0.1) is 22.1 Å². The summed E-state index contributed by atoms with van der Waals surface area (Å²) < 4.78 is 7.37. The number of aryl methyl sites for hydroxylation is 1. The molecule has 0 radical (unpaired) electrons. The monoisotopic (exact) mass is 458 g/mol. The number of nitrogens with zero attached hydrogens (tertiary/aromatic N) is 2. The van der Waals surface area contributed by atoms with E-state index in [2.05, 4.69) is 11.8 Å². The first kappa shape index (κ1) is 22.4. The topological polar surface area (TPSA) is 94.6 Å². The second kappa shape index (κ2) is 9.67. The van der Waals surface area contributed by atoms with Crippen molar-refractivity contribution in [3.05, 3.63) is 84.7 Å². The smallest absolute Gasteiger partial charge is 0.270 e. The number of hydrogen-bond donors (Lipinski definition) is 1. The second-order valence-electron chi connectivity index (χ2n) is 6.44. The number of ether oxygens (including phenoxy) is 1. The molecule has 0 unspecified atom stereocenters. The summed E-state index contributed by atoms with van der Waals surface area (Å²) in [4.78, 5) is 22.7. The van der Waals surface area contributed by atoms with Crippen LogP contribution in [0.2, 0.25) is 10.0 Å². The number of nitro groups is 1. The third-order valence-electron chi connectivity index (χ3n) is 4.26. The normalized spacial score (nSPS) is 10.3. The molecule has 9 heteroatoms. The van der Waals surface area contributed by atoms with Gasteiger partial charge in [-0.25, -0.2) is 0 Å². The molecule has 0 saturated heterocycles. The highest BCUT2D eigenvalue weighted by atomic mass is 35.5. The van der Waals surface area contributed by atoms with Gasteiger partial charge < -0.3 is 14.4 Å². The first-order chi connectivity index (χ1) is 14.8. The Morgan fingerprint density at radius 1 is 1.13 bits per heavy atom. The molecule has 0 fully saturated rings. The highest BCUT2D eigenvalue weighted by Crippen LogP contribution is 2.39. The fourth-order valence-corrected chi connectivity index (χ4v) is 3.17. The Kier molecular flexibility index (Phi) is 6.98. The molecule has 0 amide bonds. The van der Waals surface area contributed by atoms with E-state index < -0.39 is 4.92 Å². The molecule has 0 aliphatic carbocycles.